The lowest BCUT2D eigenvalue weighted by Gasteiger charge is -2.37. The maximum atomic E-state index is 10.7. The Balaban J connectivity index is 1.40. The summed E-state index contributed by atoms with van der Waals surface area (Å²) >= 11 is 0. The first-order valence-corrected chi connectivity index (χ1v) is 10.4. The van der Waals surface area contributed by atoms with E-state index < -0.39 is 24.3 Å². The number of aliphatic hydroxyl groups excluding tert-OH is 2. The molecule has 9 heteroatoms. The summed E-state index contributed by atoms with van der Waals surface area (Å²) in [6.07, 6.45) is -2.69. The monoisotopic (exact) mass is 447 g/mol. The zero-order valence-electron chi connectivity index (χ0n) is 17.9. The topological polar surface area (TPSA) is 118 Å². The van der Waals surface area contributed by atoms with Crippen molar-refractivity contribution in [2.75, 3.05) is 33.4 Å². The molecule has 3 rings (SSSR count). The molecule has 1 unspecified atom stereocenters. The van der Waals surface area contributed by atoms with Crippen LogP contribution in [0.1, 0.15) is 23.5 Å². The van der Waals surface area contributed by atoms with Crippen LogP contribution in [0.5, 0.6) is 11.5 Å². The van der Waals surface area contributed by atoms with Gasteiger partial charge in [-0.15, -0.1) is 5.06 Å². The molecule has 0 radical (unpaired) electrons. The first-order valence-electron chi connectivity index (χ1n) is 10.4. The molecule has 3 atom stereocenters. The molecule has 1 aliphatic heterocycles. The van der Waals surface area contributed by atoms with Crippen LogP contribution in [0.4, 0.5) is 4.79 Å². The summed E-state index contributed by atoms with van der Waals surface area (Å²) in [5.41, 5.74) is 1.74. The summed E-state index contributed by atoms with van der Waals surface area (Å²) in [5, 5.41) is 30.4. The van der Waals surface area contributed by atoms with E-state index in [0.29, 0.717) is 25.6 Å². The van der Waals surface area contributed by atoms with Gasteiger partial charge >= 0.3 is 6.16 Å². The number of β-amino-alcohol motifs (C(OH)–C–C–N with tert-alkyl or cyclic N) is 2. The van der Waals surface area contributed by atoms with E-state index in [2.05, 4.69) is 4.84 Å². The van der Waals surface area contributed by atoms with Crippen LogP contribution in [0.2, 0.25) is 0 Å². The van der Waals surface area contributed by atoms with Crippen LogP contribution in [0, 0.1) is 0 Å². The third-order valence-electron chi connectivity index (χ3n) is 5.23. The van der Waals surface area contributed by atoms with Crippen molar-refractivity contribution in [1.82, 2.24) is 5.06 Å². The van der Waals surface area contributed by atoms with E-state index in [9.17, 15) is 15.0 Å². The lowest BCUT2D eigenvalue weighted by atomic mass is 9.85. The van der Waals surface area contributed by atoms with Gasteiger partial charge in [-0.1, -0.05) is 30.3 Å². The van der Waals surface area contributed by atoms with Gasteiger partial charge in [-0.3, -0.25) is 0 Å². The molecule has 1 heterocycles. The Kier molecular flexibility index (Phi) is 8.69. The average molecular weight is 447 g/mol. The third kappa shape index (κ3) is 6.57. The number of benzene rings is 2. The van der Waals surface area contributed by atoms with Crippen molar-refractivity contribution in [3.63, 3.8) is 0 Å². The van der Waals surface area contributed by atoms with Crippen LogP contribution >= 0.6 is 0 Å². The van der Waals surface area contributed by atoms with Gasteiger partial charge in [-0.05, 0) is 23.8 Å². The van der Waals surface area contributed by atoms with Crippen LogP contribution < -0.4 is 9.47 Å². The molecule has 32 heavy (non-hydrogen) atoms. The highest BCUT2D eigenvalue weighted by Gasteiger charge is 2.37. The molecule has 174 valence electrons. The van der Waals surface area contributed by atoms with E-state index in [1.807, 2.05) is 24.3 Å². The largest absolute Gasteiger partial charge is 0.525 e. The number of methoxy groups -OCH3 is 1. The Morgan fingerprint density at radius 3 is 2.38 bits per heavy atom. The van der Waals surface area contributed by atoms with E-state index >= 15 is 0 Å². The molecule has 0 spiro atoms. The molecule has 0 bridgehead atoms. The van der Waals surface area contributed by atoms with Gasteiger partial charge in [-0.2, -0.15) is 0 Å². The first-order chi connectivity index (χ1) is 15.5. The Morgan fingerprint density at radius 1 is 1.03 bits per heavy atom. The van der Waals surface area contributed by atoms with Gasteiger partial charge in [0.1, 0.15) is 11.5 Å². The number of carboxylic acid groups (broad SMARTS) is 1. The van der Waals surface area contributed by atoms with Crippen molar-refractivity contribution in [1.29, 1.82) is 0 Å². The van der Waals surface area contributed by atoms with E-state index in [-0.39, 0.29) is 13.1 Å². The van der Waals surface area contributed by atoms with E-state index in [0.717, 1.165) is 28.4 Å². The second-order valence-electron chi connectivity index (χ2n) is 7.50. The molecule has 0 saturated carbocycles. The minimum atomic E-state index is -1.48. The van der Waals surface area contributed by atoms with Gasteiger partial charge < -0.3 is 34.4 Å². The van der Waals surface area contributed by atoms with Crippen molar-refractivity contribution in [3.8, 4) is 11.5 Å². The molecule has 3 N–H and O–H groups in total. The number of para-hydroxylation sites is 1. The van der Waals surface area contributed by atoms with Gasteiger partial charge in [0.2, 0.25) is 0 Å². The normalized spacial score (nSPS) is 21.2. The number of nitrogens with zero attached hydrogens (tertiary/aromatic N) is 1. The number of hydrogen-bond acceptors (Lipinski definition) is 8. The van der Waals surface area contributed by atoms with Crippen LogP contribution in [0.15, 0.2) is 48.5 Å². The predicted octanol–water partition coefficient (Wildman–Crippen LogP) is 2.41. The Bertz CT molecular complexity index is 847. The second-order valence-corrected chi connectivity index (χ2v) is 7.50. The fourth-order valence-corrected chi connectivity index (χ4v) is 3.75. The van der Waals surface area contributed by atoms with Crippen molar-refractivity contribution in [2.24, 2.45) is 0 Å². The Hall–Kier alpha value is -2.85. The van der Waals surface area contributed by atoms with E-state index in [1.54, 1.807) is 31.4 Å². The highest BCUT2D eigenvalue weighted by atomic mass is 16.8. The lowest BCUT2D eigenvalue weighted by Crippen LogP contribution is -2.51. The molecule has 2 aromatic rings. The summed E-state index contributed by atoms with van der Waals surface area (Å²) in [6.45, 7) is 1.48. The standard InChI is InChI=1S/C23H29NO8/c1-29-21-6-3-2-5-17(21)15-30-11-4-12-31-18-9-7-16(8-10-18)22-19(25)13-24(14-20(22)26)32-23(27)28/h2-3,5-10,19-20,22,25-26H,4,11-15H2,1H3,(H,27,28)/t19-,20+,22?. The van der Waals surface area contributed by atoms with Gasteiger partial charge in [0, 0.05) is 17.9 Å². The third-order valence-corrected chi connectivity index (χ3v) is 5.23. The highest BCUT2D eigenvalue weighted by molar-refractivity contribution is 5.56. The van der Waals surface area contributed by atoms with Crippen LogP contribution in [-0.2, 0) is 16.2 Å². The maximum absolute atomic E-state index is 10.7. The second kappa shape index (κ2) is 11.7. The van der Waals surface area contributed by atoms with Gasteiger partial charge in [0.15, 0.2) is 0 Å². The van der Waals surface area contributed by atoms with Crippen molar-refractivity contribution in [2.45, 2.75) is 31.2 Å². The number of piperidine rings is 1. The molecule has 1 saturated heterocycles. The molecular formula is C23H29NO8. The number of carbonyl (C=O) groups is 1. The first kappa shape index (κ1) is 23.8. The smallest absolute Gasteiger partial charge is 0.496 e. The van der Waals surface area contributed by atoms with Crippen LogP contribution in [0.3, 0.4) is 0 Å². The Labute approximate surface area is 186 Å². The van der Waals surface area contributed by atoms with E-state index in [4.69, 9.17) is 19.3 Å². The predicted molar refractivity (Wildman–Crippen MR) is 115 cm³/mol. The molecule has 2 aromatic carbocycles. The fraction of sp³-hybridized carbons (Fsp3) is 0.435. The van der Waals surface area contributed by atoms with Crippen molar-refractivity contribution in [3.05, 3.63) is 59.7 Å². The van der Waals surface area contributed by atoms with Gasteiger partial charge in [0.05, 0.1) is 52.2 Å². The number of ether oxygens (including phenoxy) is 3. The van der Waals surface area contributed by atoms with Gasteiger partial charge in [-0.25, -0.2) is 4.79 Å². The molecule has 0 amide bonds. The molecule has 1 aliphatic rings. The zero-order chi connectivity index (χ0) is 22.9. The SMILES string of the molecule is COc1ccccc1COCCCOc1ccc(C2[C@H](O)CN(OC(=O)O)C[C@@H]2O)cc1. The minimum Gasteiger partial charge on any atom is -0.496 e. The summed E-state index contributed by atoms with van der Waals surface area (Å²) in [6, 6.07) is 14.9. The molecular weight excluding hydrogens is 418 g/mol. The average Bonchev–Trinajstić information content (AvgIpc) is 2.76. The molecule has 9 nitrogen and oxygen atoms in total. The fourth-order valence-electron chi connectivity index (χ4n) is 3.75. The number of hydroxylamine groups is 2. The number of hydrogen-bond donors (Lipinski definition) is 3. The van der Waals surface area contributed by atoms with Crippen LogP contribution in [0.25, 0.3) is 0 Å². The summed E-state index contributed by atoms with van der Waals surface area (Å²) in [4.78, 5) is 15.2. The van der Waals surface area contributed by atoms with Crippen molar-refractivity contribution >= 4 is 6.16 Å². The summed E-state index contributed by atoms with van der Waals surface area (Å²) in [7, 11) is 1.64. The zero-order valence-corrected chi connectivity index (χ0v) is 17.9. The molecule has 0 aromatic heterocycles. The quantitative estimate of drug-likeness (QED) is 0.472. The minimum absolute atomic E-state index is 0.0128. The van der Waals surface area contributed by atoms with E-state index in [1.165, 1.54) is 0 Å². The Morgan fingerprint density at radius 2 is 1.72 bits per heavy atom. The number of aliphatic hydroxyl groups is 2. The van der Waals surface area contributed by atoms with Gasteiger partial charge in [0.25, 0.3) is 0 Å². The summed E-state index contributed by atoms with van der Waals surface area (Å²) < 4.78 is 16.7. The van der Waals surface area contributed by atoms with Crippen molar-refractivity contribution < 1.29 is 39.2 Å². The molecule has 1 fully saturated rings. The number of rotatable bonds is 10. The maximum Gasteiger partial charge on any atom is 0.525 e. The highest BCUT2D eigenvalue weighted by Crippen LogP contribution is 2.30. The van der Waals surface area contributed by atoms with Crippen LogP contribution in [-0.4, -0.2) is 72.2 Å². The lowest BCUT2D eigenvalue weighted by molar-refractivity contribution is -0.180. The molecule has 0 aliphatic carbocycles. The summed E-state index contributed by atoms with van der Waals surface area (Å²) in [5.74, 6) is 0.939.